The second-order valence-corrected chi connectivity index (χ2v) is 7.40. The molecule has 0 bridgehead atoms. The van der Waals surface area contributed by atoms with E-state index in [2.05, 4.69) is 55.7 Å². The molecule has 2 aromatic heterocycles. The third kappa shape index (κ3) is 6.76. The zero-order chi connectivity index (χ0) is 26.6. The summed E-state index contributed by atoms with van der Waals surface area (Å²) in [4.78, 5) is 25.4. The van der Waals surface area contributed by atoms with Crippen LogP contribution in [0.25, 0.3) is 21.8 Å². The number of non-ortho nitro benzene ring substituents is 2. The number of amidine groups is 2. The van der Waals surface area contributed by atoms with Crippen LogP contribution in [0.15, 0.2) is 56.9 Å². The minimum absolute atomic E-state index is 0. The summed E-state index contributed by atoms with van der Waals surface area (Å²) in [6.07, 6.45) is 0. The van der Waals surface area contributed by atoms with Crippen molar-refractivity contribution in [2.24, 2.45) is 20.5 Å². The molecule has 2 heterocycles. The normalized spacial score (nSPS) is 10.8. The number of aromatic nitrogens is 2. The first-order valence-electron chi connectivity index (χ1n) is 9.30. The Bertz CT molecular complexity index is 1480. The molecule has 0 aliphatic heterocycles. The van der Waals surface area contributed by atoms with Gasteiger partial charge < -0.3 is 56.3 Å². The van der Waals surface area contributed by atoms with E-state index < -0.39 is 20.2 Å². The van der Waals surface area contributed by atoms with E-state index in [9.17, 15) is 30.4 Å². The Morgan fingerprint density at radius 2 is 1.14 bits per heavy atom. The molecule has 4 aromatic rings. The van der Waals surface area contributed by atoms with Crippen LogP contribution in [-0.2, 0) is 42.3 Å². The van der Waals surface area contributed by atoms with Crippen LogP contribution < -0.4 is 0 Å². The molecule has 0 unspecified atom stereocenters. The van der Waals surface area contributed by atoms with Gasteiger partial charge >= 0.3 is 17.1 Å². The van der Waals surface area contributed by atoms with Crippen LogP contribution in [0, 0.1) is 31.0 Å². The molecular weight excluding hydrogens is 571 g/mol. The van der Waals surface area contributed by atoms with Gasteiger partial charge in [-0.05, 0) is 12.1 Å². The van der Waals surface area contributed by atoms with Crippen molar-refractivity contribution in [2.45, 2.75) is 0 Å². The standard InChI is InChI=1S/2C9H7N5O3S.Mn/c2*10-9(18)13-12-7-5-3-4(14(16)17)1-2-6(5)11-8(7)15;/h2*1-3,11,15H,(H2,10,18);/q;;+2/p-2. The van der Waals surface area contributed by atoms with E-state index >= 15 is 0 Å². The van der Waals surface area contributed by atoms with Crippen LogP contribution in [0.4, 0.5) is 22.7 Å². The summed E-state index contributed by atoms with van der Waals surface area (Å²) in [7, 11) is 0. The van der Waals surface area contributed by atoms with Gasteiger partial charge in [-0.15, -0.1) is 10.2 Å². The zero-order valence-electron chi connectivity index (χ0n) is 17.9. The summed E-state index contributed by atoms with van der Waals surface area (Å²) >= 11 is 8.82. The summed E-state index contributed by atoms with van der Waals surface area (Å²) in [6.45, 7) is 0. The summed E-state index contributed by atoms with van der Waals surface area (Å²) < 4.78 is 0. The van der Waals surface area contributed by atoms with E-state index in [0.717, 1.165) is 0 Å². The van der Waals surface area contributed by atoms with Gasteiger partial charge in [0.2, 0.25) is 11.8 Å². The monoisotopic (exact) mass is 583 g/mol. The van der Waals surface area contributed by atoms with Crippen molar-refractivity contribution in [3.05, 3.63) is 56.6 Å². The van der Waals surface area contributed by atoms with Gasteiger partial charge in [-0.25, -0.2) is 0 Å². The minimum Gasteiger partial charge on any atom is -0.739 e. The number of nitro benzene ring substituents is 2. The number of fused-ring (bicyclic) bond motifs is 2. The van der Waals surface area contributed by atoms with Crippen LogP contribution in [0.1, 0.15) is 0 Å². The first-order valence-corrected chi connectivity index (χ1v) is 10.1. The molecule has 0 amide bonds. The number of azo groups is 2. The summed E-state index contributed by atoms with van der Waals surface area (Å²) in [5, 5.41) is 68.0. The Kier molecular flexibility index (Phi) is 9.22. The van der Waals surface area contributed by atoms with E-state index in [4.69, 9.17) is 10.8 Å². The maximum atomic E-state index is 10.7. The van der Waals surface area contributed by atoms with Crippen LogP contribution >= 0.6 is 0 Å². The van der Waals surface area contributed by atoms with Crippen LogP contribution in [0.5, 0.6) is 11.8 Å². The van der Waals surface area contributed by atoms with Gasteiger partial charge in [0, 0.05) is 45.4 Å². The summed E-state index contributed by atoms with van der Waals surface area (Å²) in [5.41, 5.74) is 0.718. The fourth-order valence-corrected chi connectivity index (χ4v) is 3.01. The molecule has 0 saturated carbocycles. The van der Waals surface area contributed by atoms with Gasteiger partial charge in [0.25, 0.3) is 11.4 Å². The molecule has 0 aliphatic rings. The molecule has 0 spiro atoms. The third-order valence-corrected chi connectivity index (χ3v) is 4.54. The largest absolute Gasteiger partial charge is 2.00 e. The number of H-pyrrole nitrogens is 2. The van der Waals surface area contributed by atoms with Gasteiger partial charge in [-0.2, -0.15) is 10.2 Å². The Morgan fingerprint density at radius 3 is 1.43 bits per heavy atom. The molecule has 37 heavy (non-hydrogen) atoms. The molecule has 4 rings (SSSR count). The van der Waals surface area contributed by atoms with Crippen LogP contribution in [0.3, 0.4) is 0 Å². The van der Waals surface area contributed by atoms with E-state index in [1.807, 2.05) is 0 Å². The van der Waals surface area contributed by atoms with Crippen LogP contribution in [-0.4, -0.2) is 40.4 Å². The second kappa shape index (κ2) is 11.9. The molecule has 0 aliphatic carbocycles. The quantitative estimate of drug-likeness (QED) is 0.0372. The maximum absolute atomic E-state index is 10.7. The van der Waals surface area contributed by atoms with Gasteiger partial charge in [-0.3, -0.25) is 20.2 Å². The van der Waals surface area contributed by atoms with Gasteiger partial charge in [-0.1, -0.05) is 0 Å². The second-order valence-electron chi connectivity index (χ2n) is 6.63. The predicted molar refractivity (Wildman–Crippen MR) is 132 cm³/mol. The first-order chi connectivity index (χ1) is 17.0. The SMILES string of the molecule is N=C([S-])N=Nc1c(O)[nH]c2ccc([N+](=O)[O-])cc12.N=C([S-])N=Nc1c(O)[nH]c2ccc([N+](=O)[O-])cc12.[Mn+2]. The first kappa shape index (κ1) is 28.7. The van der Waals surface area contributed by atoms with Crippen molar-refractivity contribution in [1.29, 1.82) is 10.8 Å². The molecule has 6 N–H and O–H groups in total. The summed E-state index contributed by atoms with van der Waals surface area (Å²) in [5.74, 6) is -0.573. The number of aromatic hydroxyl groups is 2. The molecule has 16 nitrogen and oxygen atoms in total. The minimum atomic E-state index is -0.556. The fourth-order valence-electron chi connectivity index (χ4n) is 2.92. The van der Waals surface area contributed by atoms with Gasteiger partial charge in [0.1, 0.15) is 0 Å². The third-order valence-electron chi connectivity index (χ3n) is 4.37. The van der Waals surface area contributed by atoms with Crippen molar-refractivity contribution in [1.82, 2.24) is 9.97 Å². The molecule has 0 fully saturated rings. The number of hydrogen-bond acceptors (Lipinski definition) is 12. The Labute approximate surface area is 226 Å². The number of nitrogens with one attached hydrogen (secondary N) is 4. The van der Waals surface area contributed by atoms with E-state index in [0.29, 0.717) is 21.8 Å². The number of hydrogen-bond donors (Lipinski definition) is 6. The fraction of sp³-hybridized carbons (Fsp3) is 0. The van der Waals surface area contributed by atoms with Crippen molar-refractivity contribution < 1.29 is 37.1 Å². The molecule has 1 radical (unpaired) electrons. The molecule has 0 atom stereocenters. The zero-order valence-corrected chi connectivity index (χ0v) is 20.7. The van der Waals surface area contributed by atoms with E-state index in [1.54, 1.807) is 0 Å². The molecular formula is C18H12MnN10O6S2. The number of rotatable bonds is 4. The maximum Gasteiger partial charge on any atom is 2.00 e. The van der Waals surface area contributed by atoms with E-state index in [1.165, 1.54) is 36.4 Å². The average molecular weight is 583 g/mol. The molecule has 0 saturated heterocycles. The van der Waals surface area contributed by atoms with Gasteiger partial charge in [0.15, 0.2) is 11.4 Å². The Hall–Kier alpha value is -4.58. The number of aromatic amines is 2. The molecule has 189 valence electrons. The summed E-state index contributed by atoms with van der Waals surface area (Å²) in [6, 6.07) is 8.01. The number of nitro groups is 2. The number of nitrogens with zero attached hydrogens (tertiary/aromatic N) is 6. The van der Waals surface area contributed by atoms with Crippen molar-refractivity contribution >= 4 is 80.1 Å². The Balaban J connectivity index is 0.000000253. The predicted octanol–water partition coefficient (Wildman–Crippen LogP) is 4.69. The van der Waals surface area contributed by atoms with Crippen molar-refractivity contribution in [3.8, 4) is 11.8 Å². The van der Waals surface area contributed by atoms with Crippen molar-refractivity contribution in [2.75, 3.05) is 0 Å². The van der Waals surface area contributed by atoms with E-state index in [-0.39, 0.29) is 51.6 Å². The van der Waals surface area contributed by atoms with Crippen molar-refractivity contribution in [3.63, 3.8) is 0 Å². The van der Waals surface area contributed by atoms with Crippen LogP contribution in [0.2, 0.25) is 0 Å². The molecule has 19 heteroatoms. The number of benzene rings is 2. The topological polar surface area (TPSA) is 255 Å². The Morgan fingerprint density at radius 1 is 0.784 bits per heavy atom. The smallest absolute Gasteiger partial charge is 0.739 e. The average Bonchev–Trinajstić information content (AvgIpc) is 3.29. The van der Waals surface area contributed by atoms with Gasteiger partial charge in [0.05, 0.1) is 20.9 Å². The molecule has 2 aromatic carbocycles.